The molecule has 0 aliphatic carbocycles. The standard InChI is InChI=1S/C9H17N3O2/c1-14-7-3-2-5-12-8-9(4-6-13)10-11-12/h8,13H,2-7H2,1H3. The van der Waals surface area contributed by atoms with Gasteiger partial charge >= 0.3 is 0 Å². The van der Waals surface area contributed by atoms with Crippen molar-refractivity contribution in [1.82, 2.24) is 15.0 Å². The van der Waals surface area contributed by atoms with Gasteiger partial charge in [0.05, 0.1) is 5.69 Å². The normalized spacial score (nSPS) is 10.7. The molecule has 0 atom stereocenters. The molecule has 0 spiro atoms. The predicted octanol–water partition coefficient (Wildman–Crippen LogP) is 0.239. The average Bonchev–Trinajstić information content (AvgIpc) is 2.61. The minimum atomic E-state index is 0.127. The largest absolute Gasteiger partial charge is 0.396 e. The van der Waals surface area contributed by atoms with Crippen molar-refractivity contribution in [2.75, 3.05) is 20.3 Å². The molecule has 5 nitrogen and oxygen atoms in total. The topological polar surface area (TPSA) is 60.2 Å². The zero-order valence-corrected chi connectivity index (χ0v) is 8.52. The maximum absolute atomic E-state index is 8.68. The molecule has 1 rings (SSSR count). The molecule has 0 unspecified atom stereocenters. The first-order valence-electron chi connectivity index (χ1n) is 4.85. The highest BCUT2D eigenvalue weighted by Gasteiger charge is 1.99. The number of aliphatic hydroxyl groups is 1. The number of aliphatic hydroxyl groups excluding tert-OH is 1. The molecule has 5 heteroatoms. The van der Waals surface area contributed by atoms with E-state index in [9.17, 15) is 0 Å². The molecule has 0 saturated carbocycles. The molecular formula is C9H17N3O2. The van der Waals surface area contributed by atoms with Gasteiger partial charge in [0, 0.05) is 39.5 Å². The maximum atomic E-state index is 8.68. The summed E-state index contributed by atoms with van der Waals surface area (Å²) in [7, 11) is 1.70. The molecule has 0 amide bonds. The van der Waals surface area contributed by atoms with Gasteiger partial charge in [-0.15, -0.1) is 5.10 Å². The summed E-state index contributed by atoms with van der Waals surface area (Å²) in [5.74, 6) is 0. The van der Waals surface area contributed by atoms with Crippen LogP contribution in [0.15, 0.2) is 6.20 Å². The monoisotopic (exact) mass is 199 g/mol. The van der Waals surface area contributed by atoms with Gasteiger partial charge in [-0.05, 0) is 12.8 Å². The van der Waals surface area contributed by atoms with Crippen LogP contribution in [0.4, 0.5) is 0 Å². The minimum Gasteiger partial charge on any atom is -0.396 e. The Morgan fingerprint density at radius 1 is 1.50 bits per heavy atom. The van der Waals surface area contributed by atoms with Gasteiger partial charge in [-0.3, -0.25) is 4.68 Å². The number of nitrogens with zero attached hydrogens (tertiary/aromatic N) is 3. The third-order valence-electron chi connectivity index (χ3n) is 1.94. The summed E-state index contributed by atoms with van der Waals surface area (Å²) < 4.78 is 6.75. The third-order valence-corrected chi connectivity index (χ3v) is 1.94. The number of rotatable bonds is 7. The third kappa shape index (κ3) is 3.85. The maximum Gasteiger partial charge on any atom is 0.0849 e. The van der Waals surface area contributed by atoms with Gasteiger partial charge in [-0.25, -0.2) is 0 Å². The lowest BCUT2D eigenvalue weighted by Gasteiger charge is -1.99. The van der Waals surface area contributed by atoms with Gasteiger partial charge < -0.3 is 9.84 Å². The first kappa shape index (κ1) is 11.1. The van der Waals surface area contributed by atoms with Gasteiger partial charge in [0.1, 0.15) is 0 Å². The molecule has 0 aliphatic heterocycles. The number of hydrogen-bond donors (Lipinski definition) is 1. The van der Waals surface area contributed by atoms with E-state index in [2.05, 4.69) is 10.3 Å². The molecule has 0 fully saturated rings. The van der Waals surface area contributed by atoms with Crippen LogP contribution in [-0.2, 0) is 17.7 Å². The van der Waals surface area contributed by atoms with E-state index in [0.717, 1.165) is 31.7 Å². The van der Waals surface area contributed by atoms with E-state index in [1.54, 1.807) is 11.8 Å². The van der Waals surface area contributed by atoms with Gasteiger partial charge in [0.25, 0.3) is 0 Å². The Morgan fingerprint density at radius 3 is 3.07 bits per heavy atom. The number of hydrogen-bond acceptors (Lipinski definition) is 4. The Hall–Kier alpha value is -0.940. The molecule has 0 bridgehead atoms. The second-order valence-electron chi connectivity index (χ2n) is 3.15. The number of ether oxygens (including phenoxy) is 1. The van der Waals surface area contributed by atoms with Crippen molar-refractivity contribution < 1.29 is 9.84 Å². The molecule has 1 N–H and O–H groups in total. The molecule has 0 radical (unpaired) electrons. The molecular weight excluding hydrogens is 182 g/mol. The van der Waals surface area contributed by atoms with Crippen molar-refractivity contribution in [2.24, 2.45) is 0 Å². The number of aromatic nitrogens is 3. The Kier molecular flexibility index (Phi) is 5.17. The van der Waals surface area contributed by atoms with Crippen LogP contribution in [0.3, 0.4) is 0 Å². The van der Waals surface area contributed by atoms with Crippen molar-refractivity contribution in [3.8, 4) is 0 Å². The van der Waals surface area contributed by atoms with Gasteiger partial charge in [-0.1, -0.05) is 5.21 Å². The van der Waals surface area contributed by atoms with E-state index >= 15 is 0 Å². The lowest BCUT2D eigenvalue weighted by molar-refractivity contribution is 0.191. The zero-order valence-electron chi connectivity index (χ0n) is 8.52. The lowest BCUT2D eigenvalue weighted by Crippen LogP contribution is -2.00. The van der Waals surface area contributed by atoms with Crippen molar-refractivity contribution in [1.29, 1.82) is 0 Å². The van der Waals surface area contributed by atoms with Gasteiger partial charge in [0.2, 0.25) is 0 Å². The van der Waals surface area contributed by atoms with Crippen molar-refractivity contribution in [3.63, 3.8) is 0 Å². The van der Waals surface area contributed by atoms with Crippen LogP contribution in [0.1, 0.15) is 18.5 Å². The average molecular weight is 199 g/mol. The highest BCUT2D eigenvalue weighted by atomic mass is 16.5. The van der Waals surface area contributed by atoms with Gasteiger partial charge in [-0.2, -0.15) is 0 Å². The summed E-state index contributed by atoms with van der Waals surface area (Å²) in [6.07, 6.45) is 4.53. The van der Waals surface area contributed by atoms with E-state index in [0.29, 0.717) is 6.42 Å². The number of methoxy groups -OCH3 is 1. The Labute approximate surface area is 83.7 Å². The predicted molar refractivity (Wildman–Crippen MR) is 51.9 cm³/mol. The quantitative estimate of drug-likeness (QED) is 0.639. The van der Waals surface area contributed by atoms with E-state index < -0.39 is 0 Å². The Bertz CT molecular complexity index is 250. The van der Waals surface area contributed by atoms with Gasteiger partial charge in [0.15, 0.2) is 0 Å². The smallest absolute Gasteiger partial charge is 0.0849 e. The highest BCUT2D eigenvalue weighted by Crippen LogP contribution is 1.97. The van der Waals surface area contributed by atoms with Crippen LogP contribution >= 0.6 is 0 Å². The molecule has 80 valence electrons. The first-order valence-corrected chi connectivity index (χ1v) is 4.85. The van der Waals surface area contributed by atoms with Crippen molar-refractivity contribution in [2.45, 2.75) is 25.8 Å². The van der Waals surface area contributed by atoms with Crippen molar-refractivity contribution in [3.05, 3.63) is 11.9 Å². The summed E-state index contributed by atoms with van der Waals surface area (Å²) in [5.41, 5.74) is 0.847. The number of aryl methyl sites for hydroxylation is 1. The fraction of sp³-hybridized carbons (Fsp3) is 0.778. The summed E-state index contributed by atoms with van der Waals surface area (Å²) in [5, 5.41) is 16.6. The van der Waals surface area contributed by atoms with Crippen LogP contribution in [0.2, 0.25) is 0 Å². The second-order valence-corrected chi connectivity index (χ2v) is 3.15. The summed E-state index contributed by atoms with van der Waals surface area (Å²) in [6.45, 7) is 1.78. The van der Waals surface area contributed by atoms with Crippen LogP contribution in [0.25, 0.3) is 0 Å². The van der Waals surface area contributed by atoms with Crippen LogP contribution < -0.4 is 0 Å². The Morgan fingerprint density at radius 2 is 2.36 bits per heavy atom. The van der Waals surface area contributed by atoms with E-state index in [1.807, 2.05) is 6.20 Å². The van der Waals surface area contributed by atoms with E-state index in [1.165, 1.54) is 0 Å². The summed E-state index contributed by atoms with van der Waals surface area (Å²) in [6, 6.07) is 0. The summed E-state index contributed by atoms with van der Waals surface area (Å²) in [4.78, 5) is 0. The highest BCUT2D eigenvalue weighted by molar-refractivity contribution is 4.91. The first-order chi connectivity index (χ1) is 6.86. The van der Waals surface area contributed by atoms with E-state index in [-0.39, 0.29) is 6.61 Å². The minimum absolute atomic E-state index is 0.127. The van der Waals surface area contributed by atoms with Crippen LogP contribution in [-0.4, -0.2) is 40.4 Å². The molecule has 0 saturated heterocycles. The number of unbranched alkanes of at least 4 members (excludes halogenated alkanes) is 1. The fourth-order valence-corrected chi connectivity index (χ4v) is 1.20. The fourth-order valence-electron chi connectivity index (χ4n) is 1.20. The Balaban J connectivity index is 2.22. The molecule has 1 heterocycles. The SMILES string of the molecule is COCCCCn1cc(CCO)nn1. The molecule has 1 aromatic rings. The lowest BCUT2D eigenvalue weighted by atomic mass is 10.3. The molecule has 0 aliphatic rings. The van der Waals surface area contributed by atoms with Crippen molar-refractivity contribution >= 4 is 0 Å². The second kappa shape index (κ2) is 6.50. The molecule has 14 heavy (non-hydrogen) atoms. The molecule has 1 aromatic heterocycles. The zero-order chi connectivity index (χ0) is 10.2. The van der Waals surface area contributed by atoms with Crippen LogP contribution in [0, 0.1) is 0 Å². The van der Waals surface area contributed by atoms with E-state index in [4.69, 9.17) is 9.84 Å². The summed E-state index contributed by atoms with van der Waals surface area (Å²) >= 11 is 0. The molecule has 0 aromatic carbocycles. The van der Waals surface area contributed by atoms with Crippen LogP contribution in [0.5, 0.6) is 0 Å².